The maximum Gasteiger partial charge on any atom is 0.278 e. The van der Waals surface area contributed by atoms with Crippen LogP contribution >= 0.6 is 0 Å². The zero-order valence-electron chi connectivity index (χ0n) is 21.1. The predicted molar refractivity (Wildman–Crippen MR) is 134 cm³/mol. The predicted octanol–water partition coefficient (Wildman–Crippen LogP) is 1.20. The van der Waals surface area contributed by atoms with Crippen LogP contribution in [-0.2, 0) is 26.7 Å². The smallest absolute Gasteiger partial charge is 0.278 e. The highest BCUT2D eigenvalue weighted by Crippen LogP contribution is 2.47. The third-order valence-electron chi connectivity index (χ3n) is 7.64. The summed E-state index contributed by atoms with van der Waals surface area (Å²) < 4.78 is 67.0. The van der Waals surface area contributed by atoms with Crippen LogP contribution in [0.5, 0.6) is 11.5 Å². The number of sulfonamides is 1. The summed E-state index contributed by atoms with van der Waals surface area (Å²) in [5, 5.41) is 0. The van der Waals surface area contributed by atoms with Gasteiger partial charge in [0.1, 0.15) is 0 Å². The van der Waals surface area contributed by atoms with E-state index in [0.29, 0.717) is 12.5 Å². The van der Waals surface area contributed by atoms with Crippen LogP contribution in [0.1, 0.15) is 42.9 Å². The Morgan fingerprint density at radius 2 is 1.89 bits per heavy atom. The molecule has 3 aliphatic rings. The van der Waals surface area contributed by atoms with Crippen LogP contribution in [-0.4, -0.2) is 96.6 Å². The molecular formula is C23H38N4O6S2. The van der Waals surface area contributed by atoms with Gasteiger partial charge in [-0.2, -0.15) is 17.0 Å². The van der Waals surface area contributed by atoms with Crippen molar-refractivity contribution < 1.29 is 26.3 Å². The van der Waals surface area contributed by atoms with Gasteiger partial charge >= 0.3 is 0 Å². The number of hydrogen-bond acceptors (Lipinski definition) is 7. The molecule has 1 aromatic rings. The van der Waals surface area contributed by atoms with Crippen molar-refractivity contribution in [3.05, 3.63) is 23.3 Å². The zero-order chi connectivity index (χ0) is 25.4. The first-order valence-electron chi connectivity index (χ1n) is 12.2. The summed E-state index contributed by atoms with van der Waals surface area (Å²) in [6.07, 6.45) is 3.75. The number of nitrogens with one attached hydrogen (secondary N) is 1. The Morgan fingerprint density at radius 3 is 2.57 bits per heavy atom. The second-order valence-electron chi connectivity index (χ2n) is 9.80. The normalized spacial score (nSPS) is 25.6. The lowest BCUT2D eigenvalue weighted by Crippen LogP contribution is -2.57. The Hall–Kier alpha value is -1.44. The Labute approximate surface area is 209 Å². The number of methoxy groups -OCH3 is 2. The minimum atomic E-state index is -3.56. The molecule has 3 heterocycles. The standard InChI is InChI=1S/C23H38N4O6S2/c1-25(2)35(30,31)24-11-6-14-34(28,29)27-12-5-7-17-16-26-13-10-19-18(21(26)15-20(17)27)8-9-22(32-3)23(19)33-4/h8-9,17,20-21,24H,5-7,10-16H2,1-4H3/t17-,20+,21-/m0/s1. The molecule has 1 N–H and O–H groups in total. The summed E-state index contributed by atoms with van der Waals surface area (Å²) in [4.78, 5) is 2.50. The number of nitrogens with zero attached hydrogens (tertiary/aromatic N) is 3. The van der Waals surface area contributed by atoms with Crippen LogP contribution < -0.4 is 14.2 Å². The van der Waals surface area contributed by atoms with Gasteiger partial charge in [-0.05, 0) is 49.7 Å². The molecule has 2 fully saturated rings. The van der Waals surface area contributed by atoms with Gasteiger partial charge in [0, 0.05) is 57.9 Å². The Bertz CT molecular complexity index is 1130. The summed E-state index contributed by atoms with van der Waals surface area (Å²) >= 11 is 0. The maximum absolute atomic E-state index is 13.4. The van der Waals surface area contributed by atoms with Crippen molar-refractivity contribution in [2.24, 2.45) is 5.92 Å². The lowest BCUT2D eigenvalue weighted by molar-refractivity contribution is 0.0216. The first-order chi connectivity index (χ1) is 16.6. The summed E-state index contributed by atoms with van der Waals surface area (Å²) in [7, 11) is -0.891. The molecule has 1 aromatic carbocycles. The van der Waals surface area contributed by atoms with Crippen LogP contribution in [0.3, 0.4) is 0 Å². The average molecular weight is 531 g/mol. The van der Waals surface area contributed by atoms with E-state index in [-0.39, 0.29) is 30.8 Å². The molecule has 12 heteroatoms. The minimum absolute atomic E-state index is 0.0486. The van der Waals surface area contributed by atoms with Crippen molar-refractivity contribution in [1.29, 1.82) is 0 Å². The second kappa shape index (κ2) is 10.5. The van der Waals surface area contributed by atoms with Crippen molar-refractivity contribution >= 4 is 20.2 Å². The molecule has 0 radical (unpaired) electrons. The van der Waals surface area contributed by atoms with E-state index in [9.17, 15) is 16.8 Å². The van der Waals surface area contributed by atoms with Gasteiger partial charge < -0.3 is 9.47 Å². The number of piperidine rings is 2. The van der Waals surface area contributed by atoms with Gasteiger partial charge in [-0.25, -0.2) is 13.1 Å². The Morgan fingerprint density at radius 1 is 1.11 bits per heavy atom. The highest BCUT2D eigenvalue weighted by atomic mass is 32.2. The Balaban J connectivity index is 1.50. The number of ether oxygens (including phenoxy) is 2. The molecule has 2 saturated heterocycles. The molecule has 0 spiro atoms. The van der Waals surface area contributed by atoms with Crippen molar-refractivity contribution in [3.63, 3.8) is 0 Å². The molecule has 4 rings (SSSR count). The van der Waals surface area contributed by atoms with Crippen LogP contribution in [0.15, 0.2) is 12.1 Å². The first kappa shape index (κ1) is 26.6. The Kier molecular flexibility index (Phi) is 7.99. The summed E-state index contributed by atoms with van der Waals surface area (Å²) in [5.74, 6) is 1.74. The molecule has 0 bridgehead atoms. The molecule has 198 valence electrons. The van der Waals surface area contributed by atoms with Gasteiger partial charge in [-0.15, -0.1) is 0 Å². The van der Waals surface area contributed by atoms with Gasteiger partial charge in [0.25, 0.3) is 10.2 Å². The molecular weight excluding hydrogens is 492 g/mol. The van der Waals surface area contributed by atoms with Gasteiger partial charge in [0.2, 0.25) is 10.0 Å². The molecule has 35 heavy (non-hydrogen) atoms. The third kappa shape index (κ3) is 5.33. The lowest BCUT2D eigenvalue weighted by atomic mass is 9.77. The molecule has 0 unspecified atom stereocenters. The van der Waals surface area contributed by atoms with Crippen molar-refractivity contribution in [2.75, 3.05) is 60.2 Å². The number of hydrogen-bond donors (Lipinski definition) is 1. The van der Waals surface area contributed by atoms with E-state index in [1.807, 2.05) is 6.07 Å². The largest absolute Gasteiger partial charge is 0.493 e. The molecule has 3 atom stereocenters. The van der Waals surface area contributed by atoms with Crippen LogP contribution in [0.25, 0.3) is 0 Å². The summed E-state index contributed by atoms with van der Waals surface area (Å²) in [5.41, 5.74) is 2.36. The first-order valence-corrected chi connectivity index (χ1v) is 15.3. The number of fused-ring (bicyclic) bond motifs is 4. The highest BCUT2D eigenvalue weighted by Gasteiger charge is 2.46. The maximum atomic E-state index is 13.4. The van der Waals surface area contributed by atoms with E-state index in [2.05, 4.69) is 15.7 Å². The molecule has 0 saturated carbocycles. The van der Waals surface area contributed by atoms with Gasteiger partial charge in [0.05, 0.1) is 20.0 Å². The second-order valence-corrected chi connectivity index (χ2v) is 13.8. The number of benzene rings is 1. The summed E-state index contributed by atoms with van der Waals surface area (Å²) in [6, 6.07) is 4.14. The zero-order valence-corrected chi connectivity index (χ0v) is 22.7. The van der Waals surface area contributed by atoms with Gasteiger partial charge in [-0.1, -0.05) is 6.07 Å². The topological polar surface area (TPSA) is 108 Å². The van der Waals surface area contributed by atoms with Crippen LogP contribution in [0.2, 0.25) is 0 Å². The van der Waals surface area contributed by atoms with E-state index in [0.717, 1.165) is 60.1 Å². The van der Waals surface area contributed by atoms with E-state index >= 15 is 0 Å². The molecule has 10 nitrogen and oxygen atoms in total. The van der Waals surface area contributed by atoms with E-state index in [4.69, 9.17) is 9.47 Å². The van der Waals surface area contributed by atoms with E-state index in [1.165, 1.54) is 19.7 Å². The van der Waals surface area contributed by atoms with Crippen molar-refractivity contribution in [1.82, 2.24) is 18.2 Å². The SMILES string of the molecule is COc1ccc2c(c1OC)CCN1C[C@@H]3CCCN(S(=O)(=O)CCCNS(=O)(=O)N(C)C)[C@@H]3C[C@@H]21. The molecule has 3 aliphatic heterocycles. The van der Waals surface area contributed by atoms with E-state index in [1.54, 1.807) is 18.5 Å². The quantitative estimate of drug-likeness (QED) is 0.478. The van der Waals surface area contributed by atoms with Crippen LogP contribution in [0, 0.1) is 5.92 Å². The molecule has 0 aromatic heterocycles. The van der Waals surface area contributed by atoms with Gasteiger partial charge in [0.15, 0.2) is 11.5 Å². The van der Waals surface area contributed by atoms with Crippen molar-refractivity contribution in [3.8, 4) is 11.5 Å². The van der Waals surface area contributed by atoms with E-state index < -0.39 is 20.2 Å². The minimum Gasteiger partial charge on any atom is -0.493 e. The third-order valence-corrected chi connectivity index (χ3v) is 11.1. The van der Waals surface area contributed by atoms with Crippen LogP contribution in [0.4, 0.5) is 0 Å². The fourth-order valence-corrected chi connectivity index (χ4v) is 8.36. The number of rotatable bonds is 9. The average Bonchev–Trinajstić information content (AvgIpc) is 2.83. The molecule has 0 aliphatic carbocycles. The van der Waals surface area contributed by atoms with Gasteiger partial charge in [-0.3, -0.25) is 4.90 Å². The molecule has 0 amide bonds. The highest BCUT2D eigenvalue weighted by molar-refractivity contribution is 7.89. The fourth-order valence-electron chi connectivity index (χ4n) is 5.88. The summed E-state index contributed by atoms with van der Waals surface area (Å²) in [6.45, 7) is 2.42. The lowest BCUT2D eigenvalue weighted by Gasteiger charge is -2.51. The monoisotopic (exact) mass is 530 g/mol. The fraction of sp³-hybridized carbons (Fsp3) is 0.739. The van der Waals surface area contributed by atoms with Crippen molar-refractivity contribution in [2.45, 2.75) is 44.2 Å².